The van der Waals surface area contributed by atoms with Crippen LogP contribution in [0.15, 0.2) is 0 Å². The van der Waals surface area contributed by atoms with Crippen LogP contribution < -0.4 is 5.32 Å². The lowest BCUT2D eigenvalue weighted by Crippen LogP contribution is -2.56. The molecule has 0 amide bonds. The highest BCUT2D eigenvalue weighted by molar-refractivity contribution is 4.87. The average molecular weight is 198 g/mol. The van der Waals surface area contributed by atoms with Gasteiger partial charge in [0.05, 0.1) is 0 Å². The smallest absolute Gasteiger partial charge is 0.0244 e. The first kappa shape index (κ1) is 12.0. The monoisotopic (exact) mass is 198 g/mol. The van der Waals surface area contributed by atoms with Gasteiger partial charge in [-0.25, -0.2) is 0 Å². The predicted octanol–water partition coefficient (Wildman–Crippen LogP) is 1.96. The van der Waals surface area contributed by atoms with Crippen molar-refractivity contribution in [2.24, 2.45) is 11.3 Å². The molecule has 0 aromatic carbocycles. The molecule has 1 unspecified atom stereocenters. The van der Waals surface area contributed by atoms with Gasteiger partial charge in [-0.2, -0.15) is 0 Å². The van der Waals surface area contributed by atoms with E-state index in [0.29, 0.717) is 11.5 Å². The van der Waals surface area contributed by atoms with Crippen molar-refractivity contribution in [2.45, 2.75) is 40.7 Å². The van der Waals surface area contributed by atoms with Crippen LogP contribution in [0.5, 0.6) is 0 Å². The van der Waals surface area contributed by atoms with Gasteiger partial charge in [-0.15, -0.1) is 0 Å². The highest BCUT2D eigenvalue weighted by Crippen LogP contribution is 2.21. The zero-order valence-corrected chi connectivity index (χ0v) is 10.4. The first-order valence-electron chi connectivity index (χ1n) is 5.85. The highest BCUT2D eigenvalue weighted by Gasteiger charge is 2.29. The van der Waals surface area contributed by atoms with Gasteiger partial charge in [0.2, 0.25) is 0 Å². The number of hydrogen-bond donors (Lipinski definition) is 1. The molecule has 0 aliphatic carbocycles. The maximum Gasteiger partial charge on any atom is 0.0244 e. The third-order valence-corrected chi connectivity index (χ3v) is 2.93. The third-order valence-electron chi connectivity index (χ3n) is 2.93. The van der Waals surface area contributed by atoms with E-state index in [1.54, 1.807) is 0 Å². The molecule has 2 heteroatoms. The maximum absolute atomic E-state index is 3.62. The van der Waals surface area contributed by atoms with Crippen LogP contribution in [0.3, 0.4) is 0 Å². The molecule has 0 aromatic rings. The van der Waals surface area contributed by atoms with Crippen molar-refractivity contribution >= 4 is 0 Å². The zero-order chi connectivity index (χ0) is 10.8. The fourth-order valence-electron chi connectivity index (χ4n) is 2.07. The van der Waals surface area contributed by atoms with Crippen molar-refractivity contribution in [2.75, 3.05) is 26.2 Å². The Balaban J connectivity index is 2.44. The van der Waals surface area contributed by atoms with Gasteiger partial charge in [0.15, 0.2) is 0 Å². The van der Waals surface area contributed by atoms with E-state index < -0.39 is 0 Å². The number of rotatable bonds is 2. The van der Waals surface area contributed by atoms with Gasteiger partial charge in [-0.3, -0.25) is 0 Å². The first-order chi connectivity index (χ1) is 6.39. The van der Waals surface area contributed by atoms with Crippen molar-refractivity contribution in [1.82, 2.24) is 10.2 Å². The molecule has 0 radical (unpaired) electrons. The van der Waals surface area contributed by atoms with E-state index in [2.05, 4.69) is 44.8 Å². The molecule has 1 aliphatic heterocycles. The number of nitrogens with one attached hydrogen (secondary N) is 1. The lowest BCUT2D eigenvalue weighted by Gasteiger charge is -2.41. The van der Waals surface area contributed by atoms with Gasteiger partial charge in [-0.05, 0) is 11.3 Å². The van der Waals surface area contributed by atoms with Gasteiger partial charge < -0.3 is 10.2 Å². The van der Waals surface area contributed by atoms with E-state index in [9.17, 15) is 0 Å². The molecule has 1 N–H and O–H groups in total. The molecule has 14 heavy (non-hydrogen) atoms. The van der Waals surface area contributed by atoms with Crippen LogP contribution in [0.25, 0.3) is 0 Å². The van der Waals surface area contributed by atoms with Crippen LogP contribution in [-0.2, 0) is 0 Å². The van der Waals surface area contributed by atoms with Gasteiger partial charge in [0, 0.05) is 32.2 Å². The summed E-state index contributed by atoms with van der Waals surface area (Å²) in [7, 11) is 0. The Morgan fingerprint density at radius 3 is 2.50 bits per heavy atom. The van der Waals surface area contributed by atoms with Crippen LogP contribution in [0.2, 0.25) is 0 Å². The lowest BCUT2D eigenvalue weighted by atomic mass is 9.85. The molecule has 1 saturated heterocycles. The largest absolute Gasteiger partial charge is 0.311 e. The van der Waals surface area contributed by atoms with E-state index in [0.717, 1.165) is 12.5 Å². The Hall–Kier alpha value is -0.0800. The van der Waals surface area contributed by atoms with Crippen LogP contribution >= 0.6 is 0 Å². The summed E-state index contributed by atoms with van der Waals surface area (Å²) in [6, 6.07) is 0.648. The molecule has 0 bridgehead atoms. The zero-order valence-electron chi connectivity index (χ0n) is 10.4. The van der Waals surface area contributed by atoms with Gasteiger partial charge in [0.1, 0.15) is 0 Å². The fraction of sp³-hybridized carbons (Fsp3) is 1.00. The molecule has 1 fully saturated rings. The molecule has 84 valence electrons. The summed E-state index contributed by atoms with van der Waals surface area (Å²) in [6.07, 6.45) is 0. The highest BCUT2D eigenvalue weighted by atomic mass is 15.2. The van der Waals surface area contributed by atoms with Crippen LogP contribution in [-0.4, -0.2) is 37.1 Å². The van der Waals surface area contributed by atoms with Crippen molar-refractivity contribution in [3.05, 3.63) is 0 Å². The summed E-state index contributed by atoms with van der Waals surface area (Å²) in [5.74, 6) is 0.786. The summed E-state index contributed by atoms with van der Waals surface area (Å²) in [4.78, 5) is 2.59. The molecule has 0 saturated carbocycles. The number of nitrogens with zero attached hydrogens (tertiary/aromatic N) is 1. The summed E-state index contributed by atoms with van der Waals surface area (Å²) >= 11 is 0. The van der Waals surface area contributed by atoms with E-state index >= 15 is 0 Å². The summed E-state index contributed by atoms with van der Waals surface area (Å²) in [5.41, 5.74) is 0.385. The Morgan fingerprint density at radius 2 is 2.00 bits per heavy atom. The second-order valence-corrected chi connectivity index (χ2v) is 6.03. The molecular weight excluding hydrogens is 172 g/mol. The van der Waals surface area contributed by atoms with Gasteiger partial charge in [0.25, 0.3) is 0 Å². The second-order valence-electron chi connectivity index (χ2n) is 6.03. The predicted molar refractivity (Wildman–Crippen MR) is 62.5 cm³/mol. The Morgan fingerprint density at radius 1 is 1.36 bits per heavy atom. The topological polar surface area (TPSA) is 15.3 Å². The number of hydrogen-bond acceptors (Lipinski definition) is 2. The van der Waals surface area contributed by atoms with E-state index in [-0.39, 0.29) is 0 Å². The summed E-state index contributed by atoms with van der Waals surface area (Å²) in [5, 5.41) is 3.62. The standard InChI is InChI=1S/C12H26N2/c1-10(2)8-14-7-6-13-11(9-14)12(3,4)5/h10-11,13H,6-9H2,1-5H3. The van der Waals surface area contributed by atoms with Crippen molar-refractivity contribution in [3.8, 4) is 0 Å². The first-order valence-corrected chi connectivity index (χ1v) is 5.85. The van der Waals surface area contributed by atoms with Gasteiger partial charge in [-0.1, -0.05) is 34.6 Å². The minimum atomic E-state index is 0.385. The third kappa shape index (κ3) is 3.58. The number of piperazine rings is 1. The Labute approximate surface area is 89.1 Å². The Bertz CT molecular complexity index is 170. The van der Waals surface area contributed by atoms with Crippen molar-refractivity contribution in [3.63, 3.8) is 0 Å². The Kier molecular flexibility index (Phi) is 3.96. The molecule has 0 aromatic heterocycles. The molecule has 1 heterocycles. The molecule has 2 nitrogen and oxygen atoms in total. The quantitative estimate of drug-likeness (QED) is 0.730. The fourth-order valence-corrected chi connectivity index (χ4v) is 2.07. The van der Waals surface area contributed by atoms with Crippen molar-refractivity contribution in [1.29, 1.82) is 0 Å². The molecular formula is C12H26N2. The summed E-state index contributed by atoms with van der Waals surface area (Å²) < 4.78 is 0. The maximum atomic E-state index is 3.62. The van der Waals surface area contributed by atoms with Crippen molar-refractivity contribution < 1.29 is 0 Å². The summed E-state index contributed by atoms with van der Waals surface area (Å²) in [6.45, 7) is 16.4. The van der Waals surface area contributed by atoms with Gasteiger partial charge >= 0.3 is 0 Å². The normalized spacial score (nSPS) is 25.7. The van der Waals surface area contributed by atoms with Crippen LogP contribution in [0.4, 0.5) is 0 Å². The average Bonchev–Trinajstić information content (AvgIpc) is 2.01. The molecule has 0 spiro atoms. The minimum absolute atomic E-state index is 0.385. The van der Waals surface area contributed by atoms with E-state index in [1.165, 1.54) is 19.6 Å². The van der Waals surface area contributed by atoms with E-state index in [4.69, 9.17) is 0 Å². The van der Waals surface area contributed by atoms with Crippen LogP contribution in [0.1, 0.15) is 34.6 Å². The minimum Gasteiger partial charge on any atom is -0.311 e. The second kappa shape index (κ2) is 4.63. The van der Waals surface area contributed by atoms with E-state index in [1.807, 2.05) is 0 Å². The molecule has 1 atom stereocenters. The SMILES string of the molecule is CC(C)CN1CCNC(C(C)(C)C)C1. The van der Waals surface area contributed by atoms with Crippen LogP contribution in [0, 0.1) is 11.3 Å². The molecule has 1 aliphatic rings. The lowest BCUT2D eigenvalue weighted by molar-refractivity contribution is 0.124. The molecule has 1 rings (SSSR count).